The maximum Gasteiger partial charge on any atom is 0.137 e. The van der Waals surface area contributed by atoms with E-state index in [0.717, 1.165) is 123 Å². The van der Waals surface area contributed by atoms with E-state index in [4.69, 9.17) is 4.42 Å². The Morgan fingerprint density at radius 3 is 0.874 bits per heavy atom. The highest BCUT2D eigenvalue weighted by molar-refractivity contribution is 6.06. The Hall–Kier alpha value is -11.7. The molecule has 1 heterocycles. The fourth-order valence-electron chi connectivity index (χ4n) is 37.5. The Labute approximate surface area is 849 Å². The second-order valence-electron chi connectivity index (χ2n) is 50.8. The molecule has 4 heteroatoms. The number of hydrogen-bond donors (Lipinski definition) is 0. The van der Waals surface area contributed by atoms with Gasteiger partial charge < -0.3 is 19.1 Å². The third-order valence-electron chi connectivity index (χ3n) is 42.4. The van der Waals surface area contributed by atoms with Gasteiger partial charge in [0.1, 0.15) is 11.2 Å². The van der Waals surface area contributed by atoms with Crippen molar-refractivity contribution in [2.75, 3.05) is 14.7 Å². The summed E-state index contributed by atoms with van der Waals surface area (Å²) in [7, 11) is 0. The molecule has 1 aromatic heterocycles. The van der Waals surface area contributed by atoms with Crippen LogP contribution in [-0.2, 0) is 27.1 Å². The summed E-state index contributed by atoms with van der Waals surface area (Å²) in [6, 6.07) is 129. The van der Waals surface area contributed by atoms with Gasteiger partial charge >= 0.3 is 0 Å². The van der Waals surface area contributed by atoms with Gasteiger partial charge in [0.15, 0.2) is 0 Å². The number of rotatable bonds is 17. The molecule has 9 unspecified atom stereocenters. The van der Waals surface area contributed by atoms with Gasteiger partial charge in [-0.15, -0.1) is 0 Å². The first-order chi connectivity index (χ1) is 70.2. The van der Waals surface area contributed by atoms with Gasteiger partial charge in [-0.25, -0.2) is 0 Å². The monoisotopic (exact) mass is 1870 g/mol. The van der Waals surface area contributed by atoms with Crippen molar-refractivity contribution >= 4 is 73.1 Å². The summed E-state index contributed by atoms with van der Waals surface area (Å²) >= 11 is 0. The minimum Gasteiger partial charge on any atom is -0.456 e. The van der Waals surface area contributed by atoms with Gasteiger partial charge in [0.05, 0.1) is 5.41 Å². The number of furan rings is 1. The van der Waals surface area contributed by atoms with Crippen molar-refractivity contribution in [3.8, 4) is 22.3 Å². The zero-order chi connectivity index (χ0) is 94.2. The van der Waals surface area contributed by atoms with Crippen LogP contribution in [0.1, 0.15) is 291 Å². The molecule has 15 aromatic rings. The van der Waals surface area contributed by atoms with Crippen molar-refractivity contribution in [1.29, 1.82) is 0 Å². The standard InChI is InChI=1S/C54H51N.C44H47N.C41H41NO/c1-3-9-43(10-4-1)54(44-11-5-2-6-12-44)51-14-8-7-13-48(51)49-26-25-47(32-52(49)54)55(45-21-17-40(18-22-45)50-31-36-15-16-41(50)30-36)46-23-19-42(20-24-46)53-33-37-27-38(34-53)29-39(28-37)35-53;1-43(2)41-6-4-3-5-38(41)39-18-17-37(24-42(39)43)45(35-13-9-32(10-14-35)40-23-28-7-8-33(40)22-28)36-15-11-34(12-16-36)44-25-29-19-30(26-44)21-31(20-29)27-44;1-2-4-39-36(3-1)37-16-15-35(22-40(37)43-39)42(33-11-7-30(8-12-33)38-21-26-5-6-31(38)20-26)34-13-9-32(10-14-34)41-23-27-17-28(24-41)19-29(18-27)25-41/h1-14,17-26,32,36-39,41,50H,15-16,27-31,33-35H2;3-6,9-18,24,28-31,33,40H,7-8,19-23,25-27H2,1-2H3;1-4,7-16,22,26-29,31,38H,5-6,17-21,23-25H2. The molecule has 35 rings (SSSR count). The molecule has 4 nitrogen and oxygen atoms in total. The largest absolute Gasteiger partial charge is 0.456 e. The molecule has 18 saturated carbocycles. The van der Waals surface area contributed by atoms with E-state index in [0.29, 0.717) is 16.2 Å². The molecule has 0 amide bonds. The van der Waals surface area contributed by atoms with Crippen LogP contribution in [0.15, 0.2) is 338 Å². The van der Waals surface area contributed by atoms with Crippen molar-refractivity contribution in [1.82, 2.24) is 0 Å². The fraction of sp³-hybridized carbons (Fsp3) is 0.396. The molecule has 0 saturated heterocycles. The summed E-state index contributed by atoms with van der Waals surface area (Å²) in [5.41, 5.74) is 37.0. The maximum absolute atomic E-state index is 6.36. The van der Waals surface area contributed by atoms with Crippen LogP contribution in [-0.4, -0.2) is 0 Å². The van der Waals surface area contributed by atoms with E-state index >= 15 is 0 Å². The van der Waals surface area contributed by atoms with Crippen LogP contribution in [0, 0.1) is 88.8 Å². The number of hydrogen-bond acceptors (Lipinski definition) is 4. The molecule has 20 aliphatic carbocycles. The highest BCUT2D eigenvalue weighted by Crippen LogP contribution is 2.67. The molecule has 0 aliphatic heterocycles. The predicted octanol–water partition coefficient (Wildman–Crippen LogP) is 37.2. The quantitative estimate of drug-likeness (QED) is 0.0906. The topological polar surface area (TPSA) is 22.9 Å². The number of nitrogens with zero attached hydrogens (tertiary/aromatic N) is 3. The molecule has 9 atom stereocenters. The average Bonchev–Trinajstić information content (AvgIpc) is 1.59. The molecule has 716 valence electrons. The molecule has 0 radical (unpaired) electrons. The molecule has 0 N–H and O–H groups in total. The lowest BCUT2D eigenvalue weighted by Gasteiger charge is -2.57. The molecule has 18 fully saturated rings. The first kappa shape index (κ1) is 86.7. The first-order valence-electron chi connectivity index (χ1n) is 56.8. The van der Waals surface area contributed by atoms with E-state index in [2.05, 4.69) is 362 Å². The van der Waals surface area contributed by atoms with Crippen LogP contribution < -0.4 is 14.7 Å². The SMILES string of the molecule is CC1(C)c2ccccc2-c2ccc(N(c3ccc(C4CC5CCC4C5)cc3)c3ccc(C45CC6CC(CC(C6)C4)C5)cc3)cc21.c1ccc(C2(c3ccccc3)c3ccccc3-c3ccc(N(c4ccc(C5CC6CCC5C6)cc4)c4ccc(C56CC7CC(CC(C7)C5)C6)cc4)cc32)cc1.c1ccc2c(c1)oc1cc(N(c3ccc(C4CC5CCC4C5)cc3)c3ccc(C45CC6CC(CC(C6)C4)C5)cc3)ccc12. The van der Waals surface area contributed by atoms with Crippen LogP contribution in [0.2, 0.25) is 0 Å². The maximum atomic E-state index is 6.36. The lowest BCUT2D eigenvalue weighted by molar-refractivity contribution is -0.00530. The van der Waals surface area contributed by atoms with E-state index in [9.17, 15) is 0 Å². The second-order valence-corrected chi connectivity index (χ2v) is 50.8. The average molecular weight is 1870 g/mol. The molecule has 143 heavy (non-hydrogen) atoms. The highest BCUT2D eigenvalue weighted by Gasteiger charge is 2.56. The van der Waals surface area contributed by atoms with Gasteiger partial charge in [-0.05, 0) is 500 Å². The van der Waals surface area contributed by atoms with Gasteiger partial charge in [-0.3, -0.25) is 0 Å². The number of benzene rings is 14. The normalized spacial score (nSPS) is 31.2. The molecule has 18 bridgehead atoms. The van der Waals surface area contributed by atoms with Crippen LogP contribution in [0.3, 0.4) is 0 Å². The lowest BCUT2D eigenvalue weighted by Crippen LogP contribution is -2.48. The van der Waals surface area contributed by atoms with E-state index in [1.807, 2.05) is 0 Å². The molecular weight excluding hydrogens is 1730 g/mol. The Balaban J connectivity index is 0.000000101. The summed E-state index contributed by atoms with van der Waals surface area (Å²) < 4.78 is 6.36. The molecule has 14 aromatic carbocycles. The highest BCUT2D eigenvalue weighted by atomic mass is 16.3. The third-order valence-corrected chi connectivity index (χ3v) is 42.4. The number of para-hydroxylation sites is 1. The zero-order valence-electron chi connectivity index (χ0n) is 84.1. The summed E-state index contributed by atoms with van der Waals surface area (Å²) in [6.45, 7) is 4.80. The zero-order valence-corrected chi connectivity index (χ0v) is 84.1. The van der Waals surface area contributed by atoms with Gasteiger partial charge in [0.2, 0.25) is 0 Å². The van der Waals surface area contributed by atoms with E-state index in [1.165, 1.54) is 305 Å². The van der Waals surface area contributed by atoms with Crippen LogP contribution in [0.5, 0.6) is 0 Å². The minimum absolute atomic E-state index is 0.0123. The molecule has 0 spiro atoms. The van der Waals surface area contributed by atoms with Gasteiger partial charge in [-0.2, -0.15) is 0 Å². The van der Waals surface area contributed by atoms with Crippen molar-refractivity contribution in [2.45, 2.75) is 251 Å². The van der Waals surface area contributed by atoms with E-state index in [1.54, 1.807) is 33.4 Å². The first-order valence-corrected chi connectivity index (χ1v) is 56.8. The van der Waals surface area contributed by atoms with E-state index < -0.39 is 5.41 Å². The number of fused-ring (bicyclic) bond motifs is 15. The van der Waals surface area contributed by atoms with Crippen molar-refractivity contribution in [3.63, 3.8) is 0 Å². The van der Waals surface area contributed by atoms with Gasteiger partial charge in [0, 0.05) is 73.4 Å². The van der Waals surface area contributed by atoms with Crippen LogP contribution in [0.25, 0.3) is 44.2 Å². The number of anilines is 9. The predicted molar refractivity (Wildman–Crippen MR) is 590 cm³/mol. The third kappa shape index (κ3) is 14.4. The Bertz CT molecular complexity index is 7220. The van der Waals surface area contributed by atoms with E-state index in [-0.39, 0.29) is 5.41 Å². The summed E-state index contributed by atoms with van der Waals surface area (Å²) in [6.07, 6.45) is 43.3. The fourth-order valence-corrected chi connectivity index (χ4v) is 37.5. The van der Waals surface area contributed by atoms with Gasteiger partial charge in [0.25, 0.3) is 0 Å². The summed E-state index contributed by atoms with van der Waals surface area (Å²) in [5, 5.41) is 2.37. The smallest absolute Gasteiger partial charge is 0.137 e. The lowest BCUT2D eigenvalue weighted by atomic mass is 9.48. The Morgan fingerprint density at radius 1 is 0.210 bits per heavy atom. The van der Waals surface area contributed by atoms with Crippen molar-refractivity contribution in [3.05, 3.63) is 400 Å². The van der Waals surface area contributed by atoms with Crippen LogP contribution >= 0.6 is 0 Å². The van der Waals surface area contributed by atoms with Gasteiger partial charge in [-0.1, -0.05) is 245 Å². The van der Waals surface area contributed by atoms with Crippen molar-refractivity contribution in [2.24, 2.45) is 88.8 Å². The molecule has 20 aliphatic rings. The summed E-state index contributed by atoms with van der Waals surface area (Å²) in [5.74, 6) is 16.5. The van der Waals surface area contributed by atoms with Crippen LogP contribution in [0.4, 0.5) is 51.2 Å². The molecular formula is C139H139N3O. The minimum atomic E-state index is -0.426. The Kier molecular flexibility index (Phi) is 20.4. The van der Waals surface area contributed by atoms with Crippen molar-refractivity contribution < 1.29 is 4.42 Å². The summed E-state index contributed by atoms with van der Waals surface area (Å²) in [4.78, 5) is 7.53. The second kappa shape index (κ2) is 33.7. The Morgan fingerprint density at radius 2 is 0.503 bits per heavy atom.